The summed E-state index contributed by atoms with van der Waals surface area (Å²) in [7, 11) is 0. The smallest absolute Gasteiger partial charge is 0.193 e. The van der Waals surface area contributed by atoms with Gasteiger partial charge >= 0.3 is 0 Å². The number of hydrogen-bond acceptors (Lipinski definition) is 3. The molecule has 0 atom stereocenters. The molecule has 164 valence electrons. The lowest BCUT2D eigenvalue weighted by molar-refractivity contribution is 0.103. The van der Waals surface area contributed by atoms with E-state index in [2.05, 4.69) is 36.3 Å². The number of rotatable bonds is 7. The van der Waals surface area contributed by atoms with E-state index in [4.69, 9.17) is 15.9 Å². The maximum Gasteiger partial charge on any atom is 0.193 e. The first-order chi connectivity index (χ1) is 16.7. The van der Waals surface area contributed by atoms with Gasteiger partial charge in [-0.05, 0) is 94.3 Å². The molecule has 0 amide bonds. The minimum atomic E-state index is -0.0562. The Labute approximate surface area is 198 Å². The van der Waals surface area contributed by atoms with Crippen molar-refractivity contribution in [1.82, 2.24) is 0 Å². The fourth-order valence-electron chi connectivity index (χ4n) is 3.89. The zero-order chi connectivity index (χ0) is 23.3. The van der Waals surface area contributed by atoms with E-state index in [0.717, 1.165) is 11.1 Å². The largest absolute Gasteiger partial charge is 0.493 e. The van der Waals surface area contributed by atoms with E-state index in [0.29, 0.717) is 35.7 Å². The summed E-state index contributed by atoms with van der Waals surface area (Å²) in [5.74, 6) is 4.60. The molecule has 5 aromatic carbocycles. The molecule has 0 unspecified atom stereocenters. The zero-order valence-corrected chi connectivity index (χ0v) is 18.5. The molecule has 0 saturated heterocycles. The van der Waals surface area contributed by atoms with Crippen LogP contribution in [-0.4, -0.2) is 12.4 Å². The van der Waals surface area contributed by atoms with Gasteiger partial charge in [-0.2, -0.15) is 0 Å². The highest BCUT2D eigenvalue weighted by Gasteiger charge is 2.10. The topological polar surface area (TPSA) is 35.5 Å². The van der Waals surface area contributed by atoms with E-state index < -0.39 is 0 Å². The number of benzene rings is 5. The molecule has 0 heterocycles. The average Bonchev–Trinajstić information content (AvgIpc) is 2.88. The van der Waals surface area contributed by atoms with Gasteiger partial charge in [0.2, 0.25) is 0 Å². The maximum absolute atomic E-state index is 12.8. The second-order valence-electron chi connectivity index (χ2n) is 7.99. The average molecular weight is 443 g/mol. The summed E-state index contributed by atoms with van der Waals surface area (Å²) in [5.41, 5.74) is 1.19. The first-order valence-electron chi connectivity index (χ1n) is 11.1. The van der Waals surface area contributed by atoms with Crippen molar-refractivity contribution in [3.05, 3.63) is 114 Å². The van der Waals surface area contributed by atoms with Crippen molar-refractivity contribution in [1.29, 1.82) is 0 Å². The standard InChI is InChI=1S/C31H22O3/c1-2-3-18-33-28-13-8-22(9-14-28)31(32)23-10-15-29(16-11-23)34-30-17-12-26-19-24-6-4-5-7-25(24)20-27(26)21-30/h1,4-17,19-21H,3,18H2. The first kappa shape index (κ1) is 21.3. The van der Waals surface area contributed by atoms with Gasteiger partial charge in [-0.25, -0.2) is 0 Å². The van der Waals surface area contributed by atoms with Crippen LogP contribution in [0.15, 0.2) is 103 Å². The summed E-state index contributed by atoms with van der Waals surface area (Å²) in [5, 5.41) is 4.70. The van der Waals surface area contributed by atoms with Crippen LogP contribution in [0.25, 0.3) is 21.5 Å². The predicted octanol–water partition coefficient (Wildman–Crippen LogP) is 7.42. The molecule has 0 aliphatic rings. The van der Waals surface area contributed by atoms with Crippen molar-refractivity contribution in [3.63, 3.8) is 0 Å². The Morgan fingerprint density at radius 2 is 1.21 bits per heavy atom. The molecule has 3 heteroatoms. The number of carbonyl (C=O) groups excluding carboxylic acids is 1. The maximum atomic E-state index is 12.8. The van der Waals surface area contributed by atoms with Gasteiger partial charge < -0.3 is 9.47 Å². The molecule has 0 aliphatic heterocycles. The lowest BCUT2D eigenvalue weighted by Gasteiger charge is -2.09. The monoisotopic (exact) mass is 442 g/mol. The number of hydrogen-bond donors (Lipinski definition) is 0. The summed E-state index contributed by atoms with van der Waals surface area (Å²) < 4.78 is 11.6. The van der Waals surface area contributed by atoms with Crippen LogP contribution in [0, 0.1) is 12.3 Å². The van der Waals surface area contributed by atoms with Crippen molar-refractivity contribution in [2.75, 3.05) is 6.61 Å². The van der Waals surface area contributed by atoms with Gasteiger partial charge in [0.05, 0.1) is 6.61 Å². The molecule has 0 aliphatic carbocycles. The Bertz CT molecular complexity index is 1510. The van der Waals surface area contributed by atoms with Crippen molar-refractivity contribution >= 4 is 27.3 Å². The van der Waals surface area contributed by atoms with E-state index >= 15 is 0 Å². The normalized spacial score (nSPS) is 10.7. The molecule has 0 saturated carbocycles. The second-order valence-corrected chi connectivity index (χ2v) is 7.99. The minimum Gasteiger partial charge on any atom is -0.493 e. The number of ketones is 1. The Morgan fingerprint density at radius 1 is 0.647 bits per heavy atom. The zero-order valence-electron chi connectivity index (χ0n) is 18.5. The number of carbonyl (C=O) groups is 1. The fraction of sp³-hybridized carbons (Fsp3) is 0.0645. The third kappa shape index (κ3) is 4.62. The predicted molar refractivity (Wildman–Crippen MR) is 137 cm³/mol. The summed E-state index contributed by atoms with van der Waals surface area (Å²) in [6, 6.07) is 33.0. The van der Waals surface area contributed by atoms with E-state index in [1.165, 1.54) is 16.2 Å². The van der Waals surface area contributed by atoms with Gasteiger partial charge in [-0.1, -0.05) is 30.3 Å². The van der Waals surface area contributed by atoms with E-state index in [-0.39, 0.29) is 5.78 Å². The molecular weight excluding hydrogens is 420 g/mol. The van der Waals surface area contributed by atoms with Crippen LogP contribution in [0.5, 0.6) is 17.2 Å². The molecule has 0 bridgehead atoms. The quantitative estimate of drug-likeness (QED) is 0.114. The van der Waals surface area contributed by atoms with Crippen molar-refractivity contribution in [2.45, 2.75) is 6.42 Å². The molecule has 5 aromatic rings. The van der Waals surface area contributed by atoms with Crippen LogP contribution >= 0.6 is 0 Å². The molecule has 0 aromatic heterocycles. The SMILES string of the molecule is C#CCCOc1ccc(C(=O)c2ccc(Oc3ccc4cc5ccccc5cc4c3)cc2)cc1. The molecular formula is C31H22O3. The highest BCUT2D eigenvalue weighted by atomic mass is 16.5. The summed E-state index contributed by atoms with van der Waals surface area (Å²) in [4.78, 5) is 12.8. The highest BCUT2D eigenvalue weighted by Crippen LogP contribution is 2.29. The molecule has 0 radical (unpaired) electrons. The molecule has 34 heavy (non-hydrogen) atoms. The fourth-order valence-corrected chi connectivity index (χ4v) is 3.89. The van der Waals surface area contributed by atoms with Crippen LogP contribution in [0.3, 0.4) is 0 Å². The van der Waals surface area contributed by atoms with Gasteiger partial charge in [0.15, 0.2) is 5.78 Å². The van der Waals surface area contributed by atoms with Crippen LogP contribution in [0.4, 0.5) is 0 Å². The Kier molecular flexibility index (Phi) is 5.97. The molecule has 0 N–H and O–H groups in total. The number of terminal acetylenes is 1. The third-order valence-corrected chi connectivity index (χ3v) is 5.66. The van der Waals surface area contributed by atoms with Crippen molar-refractivity contribution in [2.24, 2.45) is 0 Å². The van der Waals surface area contributed by atoms with E-state index in [9.17, 15) is 4.79 Å². The van der Waals surface area contributed by atoms with Crippen LogP contribution in [-0.2, 0) is 0 Å². The molecule has 3 nitrogen and oxygen atoms in total. The van der Waals surface area contributed by atoms with E-state index in [1.54, 1.807) is 36.4 Å². The Hall–Kier alpha value is -4.55. The third-order valence-electron chi connectivity index (χ3n) is 5.66. The minimum absolute atomic E-state index is 0.0562. The highest BCUT2D eigenvalue weighted by molar-refractivity contribution is 6.09. The van der Waals surface area contributed by atoms with Crippen LogP contribution in [0.1, 0.15) is 22.3 Å². The van der Waals surface area contributed by atoms with Crippen LogP contribution in [0.2, 0.25) is 0 Å². The molecule has 0 spiro atoms. The van der Waals surface area contributed by atoms with E-state index in [1.807, 2.05) is 36.4 Å². The van der Waals surface area contributed by atoms with Crippen LogP contribution < -0.4 is 9.47 Å². The van der Waals surface area contributed by atoms with Crippen molar-refractivity contribution < 1.29 is 14.3 Å². The number of fused-ring (bicyclic) bond motifs is 2. The first-order valence-corrected chi connectivity index (χ1v) is 11.1. The lowest BCUT2D eigenvalue weighted by Crippen LogP contribution is -2.02. The second kappa shape index (κ2) is 9.52. The van der Waals surface area contributed by atoms with Crippen molar-refractivity contribution in [3.8, 4) is 29.6 Å². The molecule has 5 rings (SSSR count). The lowest BCUT2D eigenvalue weighted by atomic mass is 10.0. The summed E-state index contributed by atoms with van der Waals surface area (Å²) in [6.45, 7) is 0.457. The molecule has 0 fully saturated rings. The van der Waals surface area contributed by atoms with Gasteiger partial charge in [0.1, 0.15) is 17.2 Å². The van der Waals surface area contributed by atoms with Gasteiger partial charge in [0, 0.05) is 17.5 Å². The number of ether oxygens (including phenoxy) is 2. The summed E-state index contributed by atoms with van der Waals surface area (Å²) >= 11 is 0. The Balaban J connectivity index is 1.29. The van der Waals surface area contributed by atoms with Gasteiger partial charge in [-0.15, -0.1) is 12.3 Å². The van der Waals surface area contributed by atoms with Gasteiger partial charge in [0.25, 0.3) is 0 Å². The van der Waals surface area contributed by atoms with Gasteiger partial charge in [-0.3, -0.25) is 4.79 Å². The summed E-state index contributed by atoms with van der Waals surface area (Å²) in [6.07, 6.45) is 5.78. The Morgan fingerprint density at radius 3 is 1.85 bits per heavy atom.